The van der Waals surface area contributed by atoms with E-state index in [4.69, 9.17) is 4.74 Å². The smallest absolute Gasteiger partial charge is 0.385 e. The van der Waals surface area contributed by atoms with Crippen LogP contribution in [0.4, 0.5) is 17.6 Å². The average molecular weight is 478 g/mol. The summed E-state index contributed by atoms with van der Waals surface area (Å²) >= 11 is 0. The van der Waals surface area contributed by atoms with Crippen molar-refractivity contribution in [3.05, 3.63) is 64.9 Å². The van der Waals surface area contributed by atoms with Crippen molar-refractivity contribution in [1.82, 2.24) is 19.9 Å². The van der Waals surface area contributed by atoms with E-state index < -0.39 is 34.6 Å². The Balaban J connectivity index is 1.55. The lowest BCUT2D eigenvalue weighted by Crippen LogP contribution is -2.65. The molecule has 1 saturated carbocycles. The SMILES string of the molecule is CC1(O)COCC[C@]1(NC(=O)c1cnn2cc(C3CC3)cnc12)c1ccc(C(F)(F)F)cc1F. The molecule has 34 heavy (non-hydrogen) atoms. The fourth-order valence-electron chi connectivity index (χ4n) is 4.55. The molecule has 0 spiro atoms. The average Bonchev–Trinajstić information content (AvgIpc) is 3.53. The van der Waals surface area contributed by atoms with Crippen molar-refractivity contribution in [3.8, 4) is 0 Å². The second-order valence-corrected chi connectivity index (χ2v) is 9.12. The Morgan fingerprint density at radius 2 is 2.06 bits per heavy atom. The summed E-state index contributed by atoms with van der Waals surface area (Å²) in [4.78, 5) is 17.7. The molecular weight excluding hydrogens is 456 g/mol. The fraction of sp³-hybridized carbons (Fsp3) is 0.435. The maximum Gasteiger partial charge on any atom is 0.416 e. The molecule has 1 aliphatic heterocycles. The van der Waals surface area contributed by atoms with Crippen LogP contribution in [0.2, 0.25) is 0 Å². The number of carbonyl (C=O) groups is 1. The predicted octanol–water partition coefficient (Wildman–Crippen LogP) is 3.56. The highest BCUT2D eigenvalue weighted by Gasteiger charge is 2.53. The molecule has 2 fully saturated rings. The molecule has 3 aromatic rings. The number of nitrogens with zero attached hydrogens (tertiary/aromatic N) is 3. The summed E-state index contributed by atoms with van der Waals surface area (Å²) in [5.41, 5.74) is -3.62. The van der Waals surface area contributed by atoms with Crippen LogP contribution in [0, 0.1) is 5.82 Å². The van der Waals surface area contributed by atoms with E-state index >= 15 is 4.39 Å². The number of fused-ring (bicyclic) bond motifs is 1. The van der Waals surface area contributed by atoms with Crippen molar-refractivity contribution in [2.45, 2.75) is 49.4 Å². The van der Waals surface area contributed by atoms with E-state index in [9.17, 15) is 23.1 Å². The van der Waals surface area contributed by atoms with Crippen molar-refractivity contribution in [1.29, 1.82) is 0 Å². The fourth-order valence-corrected chi connectivity index (χ4v) is 4.55. The molecule has 1 unspecified atom stereocenters. The quantitative estimate of drug-likeness (QED) is 0.560. The van der Waals surface area contributed by atoms with Gasteiger partial charge in [0.15, 0.2) is 5.65 Å². The molecule has 1 amide bonds. The first-order chi connectivity index (χ1) is 16.0. The highest BCUT2D eigenvalue weighted by atomic mass is 19.4. The van der Waals surface area contributed by atoms with Crippen LogP contribution in [0.15, 0.2) is 36.8 Å². The third-order valence-electron chi connectivity index (χ3n) is 6.68. The van der Waals surface area contributed by atoms with E-state index in [0.29, 0.717) is 12.0 Å². The number of halogens is 4. The van der Waals surface area contributed by atoms with Crippen LogP contribution in [0.1, 0.15) is 59.2 Å². The van der Waals surface area contributed by atoms with Gasteiger partial charge in [0.05, 0.1) is 18.4 Å². The number of alkyl halides is 3. The van der Waals surface area contributed by atoms with Gasteiger partial charge in [0.25, 0.3) is 5.91 Å². The van der Waals surface area contributed by atoms with Gasteiger partial charge in [-0.15, -0.1) is 0 Å². The van der Waals surface area contributed by atoms with Crippen LogP contribution < -0.4 is 5.32 Å². The van der Waals surface area contributed by atoms with Crippen molar-refractivity contribution in [2.75, 3.05) is 13.2 Å². The highest BCUT2D eigenvalue weighted by molar-refractivity contribution is 6.00. The summed E-state index contributed by atoms with van der Waals surface area (Å²) in [5, 5.41) is 18.1. The highest BCUT2D eigenvalue weighted by Crippen LogP contribution is 2.43. The number of ether oxygens (including phenoxy) is 1. The van der Waals surface area contributed by atoms with Crippen molar-refractivity contribution >= 4 is 11.6 Å². The summed E-state index contributed by atoms with van der Waals surface area (Å²) in [6, 6.07) is 2.05. The Bertz CT molecular complexity index is 1270. The molecule has 11 heteroatoms. The number of aliphatic hydroxyl groups is 1. The van der Waals surface area contributed by atoms with E-state index in [1.54, 1.807) is 12.4 Å². The molecule has 1 aliphatic carbocycles. The van der Waals surface area contributed by atoms with Gasteiger partial charge in [-0.2, -0.15) is 18.3 Å². The molecule has 0 bridgehead atoms. The lowest BCUT2D eigenvalue weighted by Gasteiger charge is -2.49. The minimum atomic E-state index is -4.74. The summed E-state index contributed by atoms with van der Waals surface area (Å²) in [7, 11) is 0. The number of nitrogens with one attached hydrogen (secondary N) is 1. The van der Waals surface area contributed by atoms with Gasteiger partial charge in [-0.3, -0.25) is 4.79 Å². The number of amides is 1. The number of hydrogen-bond donors (Lipinski definition) is 2. The molecule has 0 radical (unpaired) electrons. The molecule has 1 saturated heterocycles. The first kappa shape index (κ1) is 22.7. The first-order valence-corrected chi connectivity index (χ1v) is 10.8. The standard InChI is InChI=1S/C23H22F4N4O3/c1-21(33)12-34-7-6-22(21,17-5-4-15(8-18(17)24)23(25,26)27)30-20(32)16-10-29-31-11-14(13-2-3-13)9-28-19(16)31/h4-5,8-11,13,33H,2-3,6-7,12H2,1H3,(H,30,32)/t21?,22-/m0/s1. The lowest BCUT2D eigenvalue weighted by molar-refractivity contribution is -0.140. The van der Waals surface area contributed by atoms with E-state index in [0.717, 1.165) is 30.5 Å². The van der Waals surface area contributed by atoms with Crippen molar-refractivity contribution < 1.29 is 32.2 Å². The van der Waals surface area contributed by atoms with Crippen LogP contribution >= 0.6 is 0 Å². The van der Waals surface area contributed by atoms with Gasteiger partial charge in [-0.25, -0.2) is 13.9 Å². The lowest BCUT2D eigenvalue weighted by atomic mass is 9.71. The molecule has 3 heterocycles. The molecule has 2 atom stereocenters. The molecular formula is C23H22F4N4O3. The second kappa shape index (κ2) is 7.74. The zero-order chi connectivity index (χ0) is 24.3. The normalized spacial score (nSPS) is 25.5. The summed E-state index contributed by atoms with van der Waals surface area (Å²) in [6.07, 6.45) is 2.14. The van der Waals surface area contributed by atoms with Crippen LogP contribution in [-0.2, 0) is 16.5 Å². The van der Waals surface area contributed by atoms with Gasteiger partial charge in [0.2, 0.25) is 0 Å². The summed E-state index contributed by atoms with van der Waals surface area (Å²) < 4.78 is 61.2. The Labute approximate surface area is 191 Å². The van der Waals surface area contributed by atoms with E-state index in [1.165, 1.54) is 17.6 Å². The minimum absolute atomic E-state index is 0.0502. The minimum Gasteiger partial charge on any atom is -0.385 e. The van der Waals surface area contributed by atoms with Crippen molar-refractivity contribution in [3.63, 3.8) is 0 Å². The van der Waals surface area contributed by atoms with Crippen LogP contribution in [0.3, 0.4) is 0 Å². The Hall–Kier alpha value is -3.05. The molecule has 2 aliphatic rings. The summed E-state index contributed by atoms with van der Waals surface area (Å²) in [6.45, 7) is 1.14. The number of rotatable bonds is 4. The summed E-state index contributed by atoms with van der Waals surface area (Å²) in [5.74, 6) is -1.45. The van der Waals surface area contributed by atoms with Crippen LogP contribution in [0.5, 0.6) is 0 Å². The number of benzene rings is 1. The molecule has 2 aromatic heterocycles. The molecule has 1 aromatic carbocycles. The molecule has 2 N–H and O–H groups in total. The monoisotopic (exact) mass is 478 g/mol. The van der Waals surface area contributed by atoms with Gasteiger partial charge in [-0.1, -0.05) is 6.07 Å². The van der Waals surface area contributed by atoms with E-state index in [-0.39, 0.29) is 36.4 Å². The molecule has 5 rings (SSSR count). The molecule has 7 nitrogen and oxygen atoms in total. The third-order valence-corrected chi connectivity index (χ3v) is 6.68. The van der Waals surface area contributed by atoms with Gasteiger partial charge < -0.3 is 15.2 Å². The maximum absolute atomic E-state index is 15.1. The van der Waals surface area contributed by atoms with Gasteiger partial charge in [0.1, 0.15) is 22.5 Å². The molecule has 180 valence electrons. The zero-order valence-electron chi connectivity index (χ0n) is 18.2. The predicted molar refractivity (Wildman–Crippen MR) is 112 cm³/mol. The van der Waals surface area contributed by atoms with Crippen molar-refractivity contribution in [2.24, 2.45) is 0 Å². The number of carbonyl (C=O) groups excluding carboxylic acids is 1. The number of aromatic nitrogens is 3. The zero-order valence-corrected chi connectivity index (χ0v) is 18.2. The Morgan fingerprint density at radius 1 is 1.29 bits per heavy atom. The van der Waals surface area contributed by atoms with Crippen LogP contribution in [0.25, 0.3) is 5.65 Å². The Kier molecular flexibility index (Phi) is 5.17. The maximum atomic E-state index is 15.1. The second-order valence-electron chi connectivity index (χ2n) is 9.12. The van der Waals surface area contributed by atoms with E-state index in [1.807, 2.05) is 0 Å². The van der Waals surface area contributed by atoms with Crippen LogP contribution in [-0.4, -0.2) is 44.4 Å². The largest absolute Gasteiger partial charge is 0.416 e. The third kappa shape index (κ3) is 3.72. The first-order valence-electron chi connectivity index (χ1n) is 10.8. The van der Waals surface area contributed by atoms with E-state index in [2.05, 4.69) is 15.4 Å². The Morgan fingerprint density at radius 3 is 2.71 bits per heavy atom. The van der Waals surface area contributed by atoms with Gasteiger partial charge in [-0.05, 0) is 43.4 Å². The topological polar surface area (TPSA) is 88.8 Å². The van der Waals surface area contributed by atoms with Gasteiger partial charge >= 0.3 is 6.18 Å². The number of hydrogen-bond acceptors (Lipinski definition) is 5. The van der Waals surface area contributed by atoms with Gasteiger partial charge in [0, 0.05) is 31.0 Å².